The van der Waals surface area contributed by atoms with Crippen LogP contribution in [0.4, 0.5) is 0 Å². The lowest BCUT2D eigenvalue weighted by molar-refractivity contribution is 0.600. The van der Waals surface area contributed by atoms with Gasteiger partial charge in [0.1, 0.15) is 4.21 Å². The highest BCUT2D eigenvalue weighted by molar-refractivity contribution is 8.03. The van der Waals surface area contributed by atoms with E-state index in [4.69, 9.17) is 11.6 Å². The van der Waals surface area contributed by atoms with Crippen LogP contribution in [0.15, 0.2) is 49.3 Å². The molecule has 0 spiro atoms. The molecule has 0 fully saturated rings. The second-order valence-electron chi connectivity index (χ2n) is 4.22. The summed E-state index contributed by atoms with van der Waals surface area (Å²) in [5.41, 5.74) is 0.997. The maximum absolute atomic E-state index is 12.5. The van der Waals surface area contributed by atoms with Gasteiger partial charge in [-0.25, -0.2) is 4.21 Å². The first-order chi connectivity index (χ1) is 9.21. The van der Waals surface area contributed by atoms with E-state index in [1.165, 1.54) is 18.4 Å². The van der Waals surface area contributed by atoms with Gasteiger partial charge >= 0.3 is 0 Å². The lowest BCUT2D eigenvalue weighted by Gasteiger charge is -2.04. The number of thiophene rings is 1. The van der Waals surface area contributed by atoms with Gasteiger partial charge in [0.2, 0.25) is 0 Å². The molecular weight excluding hydrogens is 338 g/mol. The van der Waals surface area contributed by atoms with E-state index in [1.807, 2.05) is 6.92 Å². The third-order valence-electron chi connectivity index (χ3n) is 2.50. The monoisotopic (exact) mass is 349 g/mol. The molecule has 0 radical (unpaired) electrons. The van der Waals surface area contributed by atoms with Crippen molar-refractivity contribution in [2.45, 2.75) is 16.0 Å². The van der Waals surface area contributed by atoms with Crippen molar-refractivity contribution in [1.82, 2.24) is 0 Å². The first-order valence-corrected chi connectivity index (χ1v) is 10.1. The van der Waals surface area contributed by atoms with Gasteiger partial charge in [0.15, 0.2) is 0 Å². The van der Waals surface area contributed by atoms with Gasteiger partial charge in [-0.05, 0) is 31.2 Å². The number of nitrogens with zero attached hydrogens (tertiary/aromatic N) is 1. The van der Waals surface area contributed by atoms with Crippen LogP contribution in [-0.4, -0.2) is 18.9 Å². The number of hydrogen-bond acceptors (Lipinski definition) is 4. The Kier molecular flexibility index (Phi) is 4.24. The van der Waals surface area contributed by atoms with Crippen LogP contribution in [0, 0.1) is 6.92 Å². The Hall–Kier alpha value is -0.890. The molecule has 0 amide bonds. The topological polar surface area (TPSA) is 63.6 Å². The Morgan fingerprint density at radius 1 is 1.05 bits per heavy atom. The minimum Gasteiger partial charge on any atom is -0.244 e. The van der Waals surface area contributed by atoms with Crippen molar-refractivity contribution in [3.8, 4) is 0 Å². The minimum absolute atomic E-state index is 0.0100. The van der Waals surface area contributed by atoms with Gasteiger partial charge in [-0.15, -0.1) is 15.1 Å². The van der Waals surface area contributed by atoms with Crippen molar-refractivity contribution < 1.29 is 12.6 Å². The van der Waals surface area contributed by atoms with E-state index in [0.717, 1.165) is 16.9 Å². The molecule has 0 aliphatic carbocycles. The summed E-state index contributed by atoms with van der Waals surface area (Å²) in [5.74, 6) is 0. The molecule has 1 atom stereocenters. The summed E-state index contributed by atoms with van der Waals surface area (Å²) >= 11 is 6.60. The number of halogens is 1. The predicted molar refractivity (Wildman–Crippen MR) is 82.5 cm³/mol. The molecule has 0 aliphatic heterocycles. The molecule has 0 aliphatic rings. The molecule has 1 unspecified atom stereocenters. The van der Waals surface area contributed by atoms with Crippen LogP contribution in [0.3, 0.4) is 0 Å². The Balaban J connectivity index is 2.53. The normalized spacial score (nSPS) is 14.8. The van der Waals surface area contributed by atoms with E-state index >= 15 is 0 Å². The maximum Gasteiger partial charge on any atom is 0.299 e. The molecule has 0 saturated heterocycles. The first-order valence-electron chi connectivity index (χ1n) is 5.51. The molecule has 0 saturated carbocycles. The number of rotatable bonds is 3. The molecule has 4 nitrogen and oxygen atoms in total. The van der Waals surface area contributed by atoms with E-state index in [2.05, 4.69) is 3.77 Å². The number of sulfonamides is 1. The molecule has 1 heterocycles. The van der Waals surface area contributed by atoms with Crippen LogP contribution >= 0.6 is 22.9 Å². The molecule has 2 rings (SSSR count). The third kappa shape index (κ3) is 3.41. The van der Waals surface area contributed by atoms with Crippen molar-refractivity contribution in [1.29, 1.82) is 0 Å². The quantitative estimate of drug-likeness (QED) is 0.851. The highest BCUT2D eigenvalue weighted by Crippen LogP contribution is 2.28. The van der Waals surface area contributed by atoms with Gasteiger partial charge in [-0.3, -0.25) is 0 Å². The van der Waals surface area contributed by atoms with Gasteiger partial charge in [-0.2, -0.15) is 8.42 Å². The van der Waals surface area contributed by atoms with Gasteiger partial charge in [0.25, 0.3) is 10.0 Å². The van der Waals surface area contributed by atoms with Crippen LogP contribution in [0.5, 0.6) is 0 Å². The fourth-order valence-corrected chi connectivity index (χ4v) is 6.39. The highest BCUT2D eigenvalue weighted by atomic mass is 35.5. The Bertz CT molecular complexity index is 844. The van der Waals surface area contributed by atoms with Crippen molar-refractivity contribution >= 4 is 42.7 Å². The van der Waals surface area contributed by atoms with Crippen molar-refractivity contribution in [3.63, 3.8) is 0 Å². The molecule has 2 aromatic rings. The van der Waals surface area contributed by atoms with E-state index in [-0.39, 0.29) is 4.21 Å². The lowest BCUT2D eigenvalue weighted by Crippen LogP contribution is -2.03. The smallest absolute Gasteiger partial charge is 0.244 e. The number of benzene rings is 1. The highest BCUT2D eigenvalue weighted by Gasteiger charge is 2.19. The SMILES string of the molecule is Cc1ccc(S(C)(=O)=NS(=O)(=O)c2ccc(Cl)s2)cc1. The standard InChI is InChI=1S/C12H12ClNO3S3/c1-9-3-5-10(6-4-9)19(2,15)14-20(16,17)12-8-7-11(13)18-12/h3-8H,1-2H3. The Labute approximate surface area is 127 Å². The molecule has 8 heteroatoms. The average Bonchev–Trinajstić information content (AvgIpc) is 2.76. The summed E-state index contributed by atoms with van der Waals surface area (Å²) in [6.07, 6.45) is 1.31. The maximum atomic E-state index is 12.5. The van der Waals surface area contributed by atoms with Crippen LogP contribution in [0.1, 0.15) is 5.56 Å². The average molecular weight is 350 g/mol. The van der Waals surface area contributed by atoms with Gasteiger partial charge in [0.05, 0.1) is 14.1 Å². The zero-order chi connectivity index (χ0) is 15.0. The molecule has 20 heavy (non-hydrogen) atoms. The van der Waals surface area contributed by atoms with Crippen molar-refractivity contribution in [2.75, 3.05) is 6.26 Å². The molecule has 1 aromatic carbocycles. The van der Waals surface area contributed by atoms with Gasteiger partial charge in [0, 0.05) is 11.2 Å². The van der Waals surface area contributed by atoms with Crippen molar-refractivity contribution in [3.05, 3.63) is 46.3 Å². The Morgan fingerprint density at radius 3 is 2.15 bits per heavy atom. The number of hydrogen-bond donors (Lipinski definition) is 0. The van der Waals surface area contributed by atoms with Crippen LogP contribution in [0.25, 0.3) is 0 Å². The second kappa shape index (κ2) is 5.48. The van der Waals surface area contributed by atoms with E-state index in [1.54, 1.807) is 24.3 Å². The fraction of sp³-hybridized carbons (Fsp3) is 0.167. The molecule has 1 aromatic heterocycles. The van der Waals surface area contributed by atoms with Crippen LogP contribution in [-0.2, 0) is 19.8 Å². The van der Waals surface area contributed by atoms with E-state index < -0.39 is 19.8 Å². The summed E-state index contributed by atoms with van der Waals surface area (Å²) in [6, 6.07) is 9.61. The minimum atomic E-state index is -3.97. The summed E-state index contributed by atoms with van der Waals surface area (Å²) in [6.45, 7) is 1.89. The summed E-state index contributed by atoms with van der Waals surface area (Å²) < 4.78 is 40.6. The first kappa shape index (κ1) is 15.5. The van der Waals surface area contributed by atoms with E-state index in [0.29, 0.717) is 9.23 Å². The largest absolute Gasteiger partial charge is 0.299 e. The number of aryl methyl sites for hydroxylation is 1. The third-order valence-corrected chi connectivity index (χ3v) is 8.12. The Morgan fingerprint density at radius 2 is 1.65 bits per heavy atom. The molecule has 0 N–H and O–H groups in total. The van der Waals surface area contributed by atoms with E-state index in [9.17, 15) is 12.6 Å². The summed E-state index contributed by atoms with van der Waals surface area (Å²) in [4.78, 5) is 0.384. The lowest BCUT2D eigenvalue weighted by atomic mass is 10.2. The fourth-order valence-electron chi connectivity index (χ4n) is 1.49. The van der Waals surface area contributed by atoms with Crippen molar-refractivity contribution in [2.24, 2.45) is 3.77 Å². The van der Waals surface area contributed by atoms with Crippen LogP contribution in [0.2, 0.25) is 4.34 Å². The van der Waals surface area contributed by atoms with Crippen LogP contribution < -0.4 is 0 Å². The van der Waals surface area contributed by atoms with Gasteiger partial charge in [-0.1, -0.05) is 29.3 Å². The van der Waals surface area contributed by atoms with Gasteiger partial charge < -0.3 is 0 Å². The zero-order valence-corrected chi connectivity index (χ0v) is 13.9. The summed E-state index contributed by atoms with van der Waals surface area (Å²) in [7, 11) is -6.99. The second-order valence-corrected chi connectivity index (χ2v) is 10.3. The molecular formula is C12H12ClNO3S3. The molecule has 0 bridgehead atoms. The summed E-state index contributed by atoms with van der Waals surface area (Å²) in [5, 5.41) is 0. The predicted octanol–water partition coefficient (Wildman–Crippen LogP) is 3.56. The molecule has 108 valence electrons. The zero-order valence-electron chi connectivity index (χ0n) is 10.7.